The highest BCUT2D eigenvalue weighted by molar-refractivity contribution is 9.10. The van der Waals surface area contributed by atoms with Crippen LogP contribution < -0.4 is 5.73 Å². The van der Waals surface area contributed by atoms with E-state index in [0.717, 1.165) is 29.7 Å². The van der Waals surface area contributed by atoms with Gasteiger partial charge in [-0.1, -0.05) is 12.1 Å². The normalized spacial score (nSPS) is 19.4. The Morgan fingerprint density at radius 3 is 3.11 bits per heavy atom. The van der Waals surface area contributed by atoms with Gasteiger partial charge in [-0.25, -0.2) is 0 Å². The van der Waals surface area contributed by atoms with Crippen molar-refractivity contribution in [1.29, 1.82) is 0 Å². The minimum Gasteiger partial charge on any atom is -0.398 e. The van der Waals surface area contributed by atoms with Gasteiger partial charge in [0.2, 0.25) is 0 Å². The zero-order valence-electron chi connectivity index (χ0n) is 10.9. The van der Waals surface area contributed by atoms with E-state index in [4.69, 9.17) is 5.73 Å². The third-order valence-electron chi connectivity index (χ3n) is 3.89. The van der Waals surface area contributed by atoms with E-state index in [0.29, 0.717) is 6.04 Å². The molecule has 0 bridgehead atoms. The maximum absolute atomic E-state index is 5.96. The first-order chi connectivity index (χ1) is 9.16. The lowest BCUT2D eigenvalue weighted by molar-refractivity contribution is 0.191. The van der Waals surface area contributed by atoms with Crippen molar-refractivity contribution < 1.29 is 0 Å². The van der Waals surface area contributed by atoms with Gasteiger partial charge in [0.15, 0.2) is 0 Å². The van der Waals surface area contributed by atoms with E-state index in [-0.39, 0.29) is 0 Å². The molecule has 1 aromatic heterocycles. The number of thiophene rings is 1. The molecule has 1 unspecified atom stereocenters. The molecule has 100 valence electrons. The standard InChI is InChI=1S/C15H17BrN2S/c1-10-12-6-8-19-14(12)5-7-18(10)9-11-3-2-4-13(17)15(11)16/h2-4,6,8,10H,5,7,9,17H2,1H3. The molecule has 0 saturated heterocycles. The Kier molecular flexibility index (Phi) is 3.65. The molecule has 1 atom stereocenters. The van der Waals surface area contributed by atoms with Gasteiger partial charge >= 0.3 is 0 Å². The van der Waals surface area contributed by atoms with Crippen molar-refractivity contribution in [2.45, 2.75) is 25.9 Å². The lowest BCUT2D eigenvalue weighted by Crippen LogP contribution is -2.32. The van der Waals surface area contributed by atoms with Crippen LogP contribution in [0.15, 0.2) is 34.1 Å². The van der Waals surface area contributed by atoms with E-state index in [2.05, 4.69) is 45.3 Å². The summed E-state index contributed by atoms with van der Waals surface area (Å²) >= 11 is 5.49. The summed E-state index contributed by atoms with van der Waals surface area (Å²) in [7, 11) is 0. The van der Waals surface area contributed by atoms with Crippen LogP contribution in [0.4, 0.5) is 5.69 Å². The maximum atomic E-state index is 5.96. The predicted octanol–water partition coefficient (Wildman–Crippen LogP) is 4.21. The van der Waals surface area contributed by atoms with E-state index >= 15 is 0 Å². The van der Waals surface area contributed by atoms with Crippen molar-refractivity contribution in [3.05, 3.63) is 50.1 Å². The number of benzene rings is 1. The monoisotopic (exact) mass is 336 g/mol. The molecule has 1 aromatic carbocycles. The van der Waals surface area contributed by atoms with Crippen LogP contribution >= 0.6 is 27.3 Å². The number of nitrogen functional groups attached to an aromatic ring is 1. The van der Waals surface area contributed by atoms with Gasteiger partial charge in [-0.3, -0.25) is 4.90 Å². The summed E-state index contributed by atoms with van der Waals surface area (Å²) in [4.78, 5) is 4.07. The van der Waals surface area contributed by atoms with Crippen molar-refractivity contribution in [3.63, 3.8) is 0 Å². The van der Waals surface area contributed by atoms with E-state index < -0.39 is 0 Å². The number of nitrogens with zero attached hydrogens (tertiary/aromatic N) is 1. The molecule has 0 radical (unpaired) electrons. The van der Waals surface area contributed by atoms with Crippen molar-refractivity contribution in [2.24, 2.45) is 0 Å². The summed E-state index contributed by atoms with van der Waals surface area (Å²) in [6.07, 6.45) is 1.16. The van der Waals surface area contributed by atoms with Crippen molar-refractivity contribution in [2.75, 3.05) is 12.3 Å². The van der Waals surface area contributed by atoms with Crippen molar-refractivity contribution in [1.82, 2.24) is 4.90 Å². The fourth-order valence-corrected chi connectivity index (χ4v) is 4.07. The highest BCUT2D eigenvalue weighted by atomic mass is 79.9. The number of rotatable bonds is 2. The molecule has 3 rings (SSSR count). The summed E-state index contributed by atoms with van der Waals surface area (Å²) in [6.45, 7) is 4.36. The summed E-state index contributed by atoms with van der Waals surface area (Å²) in [5.41, 5.74) is 9.54. The largest absolute Gasteiger partial charge is 0.398 e. The molecular weight excluding hydrogens is 320 g/mol. The van der Waals surface area contributed by atoms with Crippen LogP contribution in [0.25, 0.3) is 0 Å². The molecule has 0 aliphatic carbocycles. The fourth-order valence-electron chi connectivity index (χ4n) is 2.72. The van der Waals surface area contributed by atoms with Gasteiger partial charge in [-0.2, -0.15) is 0 Å². The molecule has 4 heteroatoms. The molecule has 0 saturated carbocycles. The summed E-state index contributed by atoms with van der Waals surface area (Å²) < 4.78 is 1.04. The van der Waals surface area contributed by atoms with Gasteiger partial charge in [-0.05, 0) is 57.9 Å². The molecule has 2 heterocycles. The van der Waals surface area contributed by atoms with Crippen LogP contribution in [-0.2, 0) is 13.0 Å². The SMILES string of the molecule is CC1c2ccsc2CCN1Cc1cccc(N)c1Br. The Morgan fingerprint density at radius 2 is 2.26 bits per heavy atom. The highest BCUT2D eigenvalue weighted by Gasteiger charge is 2.25. The number of nitrogens with two attached hydrogens (primary N) is 1. The van der Waals surface area contributed by atoms with Gasteiger partial charge < -0.3 is 5.73 Å². The number of anilines is 1. The molecule has 2 N–H and O–H groups in total. The molecule has 1 aliphatic rings. The van der Waals surface area contributed by atoms with Crippen LogP contribution in [0.1, 0.15) is 29.0 Å². The Labute approximate surface area is 126 Å². The quantitative estimate of drug-likeness (QED) is 0.832. The average Bonchev–Trinajstić information content (AvgIpc) is 2.87. The summed E-state index contributed by atoms with van der Waals surface area (Å²) in [5.74, 6) is 0. The van der Waals surface area contributed by atoms with Gasteiger partial charge in [0.05, 0.1) is 0 Å². The Hall–Kier alpha value is -0.840. The van der Waals surface area contributed by atoms with E-state index in [9.17, 15) is 0 Å². The highest BCUT2D eigenvalue weighted by Crippen LogP contribution is 2.35. The average molecular weight is 337 g/mol. The van der Waals surface area contributed by atoms with Crippen LogP contribution in [0, 0.1) is 0 Å². The number of hydrogen-bond donors (Lipinski definition) is 1. The molecule has 0 fully saturated rings. The lowest BCUT2D eigenvalue weighted by atomic mass is 10.0. The first-order valence-electron chi connectivity index (χ1n) is 6.50. The number of fused-ring (bicyclic) bond motifs is 1. The molecule has 2 nitrogen and oxygen atoms in total. The van der Waals surface area contributed by atoms with E-state index in [1.165, 1.54) is 11.1 Å². The topological polar surface area (TPSA) is 29.3 Å². The Balaban J connectivity index is 1.83. The fraction of sp³-hybridized carbons (Fsp3) is 0.333. The predicted molar refractivity (Wildman–Crippen MR) is 85.4 cm³/mol. The molecule has 0 spiro atoms. The second-order valence-electron chi connectivity index (χ2n) is 5.02. The van der Waals surface area contributed by atoms with Gasteiger partial charge in [0, 0.05) is 34.2 Å². The Bertz CT molecular complexity index is 594. The third kappa shape index (κ3) is 2.45. The van der Waals surface area contributed by atoms with Gasteiger partial charge in [0.1, 0.15) is 0 Å². The second-order valence-corrected chi connectivity index (χ2v) is 6.81. The first-order valence-corrected chi connectivity index (χ1v) is 8.17. The Morgan fingerprint density at radius 1 is 1.42 bits per heavy atom. The third-order valence-corrected chi connectivity index (χ3v) is 5.85. The molecule has 1 aliphatic heterocycles. The van der Waals surface area contributed by atoms with E-state index in [1.807, 2.05) is 23.5 Å². The van der Waals surface area contributed by atoms with Gasteiger partial charge in [0.25, 0.3) is 0 Å². The zero-order chi connectivity index (χ0) is 13.4. The van der Waals surface area contributed by atoms with Gasteiger partial charge in [-0.15, -0.1) is 11.3 Å². The molecule has 19 heavy (non-hydrogen) atoms. The minimum absolute atomic E-state index is 0.489. The van der Waals surface area contributed by atoms with Crippen molar-refractivity contribution >= 4 is 33.0 Å². The number of halogens is 1. The van der Waals surface area contributed by atoms with E-state index in [1.54, 1.807) is 4.88 Å². The second kappa shape index (κ2) is 5.27. The van der Waals surface area contributed by atoms with Crippen LogP contribution in [0.2, 0.25) is 0 Å². The molecule has 2 aromatic rings. The van der Waals surface area contributed by atoms with Crippen LogP contribution in [0.5, 0.6) is 0 Å². The van der Waals surface area contributed by atoms with Crippen molar-refractivity contribution in [3.8, 4) is 0 Å². The zero-order valence-corrected chi connectivity index (χ0v) is 13.3. The molecule has 0 amide bonds. The first kappa shape index (κ1) is 13.2. The number of hydrogen-bond acceptors (Lipinski definition) is 3. The summed E-state index contributed by atoms with van der Waals surface area (Å²) in [6, 6.07) is 8.87. The smallest absolute Gasteiger partial charge is 0.0461 e. The minimum atomic E-state index is 0.489. The molecular formula is C15H17BrN2S. The summed E-state index contributed by atoms with van der Waals surface area (Å²) in [5, 5.41) is 2.21. The maximum Gasteiger partial charge on any atom is 0.0461 e. The lowest BCUT2D eigenvalue weighted by Gasteiger charge is -2.33. The van der Waals surface area contributed by atoms with Crippen LogP contribution in [-0.4, -0.2) is 11.4 Å². The van der Waals surface area contributed by atoms with Crippen LogP contribution in [0.3, 0.4) is 0 Å².